The van der Waals surface area contributed by atoms with Crippen molar-refractivity contribution in [2.75, 3.05) is 32.1 Å². The number of nitrogens with zero attached hydrogens (tertiary/aromatic N) is 1. The number of hydrogen-bond donors (Lipinski definition) is 1. The highest BCUT2D eigenvalue weighted by Crippen LogP contribution is 2.20. The first-order chi connectivity index (χ1) is 7.77. The van der Waals surface area contributed by atoms with Crippen molar-refractivity contribution in [2.24, 2.45) is 0 Å². The Bertz CT molecular complexity index is 294. The van der Waals surface area contributed by atoms with Gasteiger partial charge in [0, 0.05) is 18.3 Å². The predicted molar refractivity (Wildman–Crippen MR) is 68.9 cm³/mol. The van der Waals surface area contributed by atoms with Crippen molar-refractivity contribution in [3.05, 3.63) is 24.2 Å². The maximum absolute atomic E-state index is 5.49. The molecule has 0 radical (unpaired) electrons. The Morgan fingerprint density at radius 1 is 1.62 bits per heavy atom. The summed E-state index contributed by atoms with van der Waals surface area (Å²) in [5.74, 6) is 3.59. The second kappa shape index (κ2) is 5.75. The quantitative estimate of drug-likeness (QED) is 0.852. The van der Waals surface area contributed by atoms with Crippen LogP contribution < -0.4 is 5.32 Å². The molecule has 0 bridgehead atoms. The summed E-state index contributed by atoms with van der Waals surface area (Å²) in [6.07, 6.45) is 3.04. The summed E-state index contributed by atoms with van der Waals surface area (Å²) < 4.78 is 5.49. The molecule has 2 atom stereocenters. The molecule has 2 heterocycles. The van der Waals surface area contributed by atoms with Crippen LogP contribution in [0.4, 0.5) is 0 Å². The number of likely N-dealkylation sites (N-methyl/N-ethyl adjacent to an activating group) is 1. The predicted octanol–water partition coefficient (Wildman–Crippen LogP) is 1.98. The minimum absolute atomic E-state index is 0.334. The zero-order chi connectivity index (χ0) is 11.4. The molecule has 3 nitrogen and oxygen atoms in total. The third kappa shape index (κ3) is 3.03. The second-order valence-corrected chi connectivity index (χ2v) is 5.61. The largest absolute Gasteiger partial charge is 0.468 e. The maximum atomic E-state index is 5.49. The van der Waals surface area contributed by atoms with Gasteiger partial charge in [0.2, 0.25) is 0 Å². The van der Waals surface area contributed by atoms with Gasteiger partial charge >= 0.3 is 0 Å². The van der Waals surface area contributed by atoms with E-state index in [2.05, 4.69) is 30.4 Å². The first-order valence-corrected chi connectivity index (χ1v) is 6.94. The average molecular weight is 240 g/mol. The van der Waals surface area contributed by atoms with Crippen LogP contribution in [0.15, 0.2) is 22.8 Å². The molecule has 0 aromatic carbocycles. The van der Waals surface area contributed by atoms with Crippen molar-refractivity contribution in [2.45, 2.75) is 18.5 Å². The van der Waals surface area contributed by atoms with Crippen LogP contribution in [0.25, 0.3) is 0 Å². The van der Waals surface area contributed by atoms with Gasteiger partial charge in [0.1, 0.15) is 5.76 Å². The molecule has 0 aliphatic carbocycles. The van der Waals surface area contributed by atoms with E-state index in [0.717, 1.165) is 12.3 Å². The number of furan rings is 1. The lowest BCUT2D eigenvalue weighted by Gasteiger charge is -2.24. The summed E-state index contributed by atoms with van der Waals surface area (Å²) in [6, 6.07) is 5.02. The summed E-state index contributed by atoms with van der Waals surface area (Å²) in [7, 11) is 4.19. The average Bonchev–Trinajstić information content (AvgIpc) is 2.88. The van der Waals surface area contributed by atoms with Crippen molar-refractivity contribution in [3.8, 4) is 0 Å². The minimum atomic E-state index is 0.334. The summed E-state index contributed by atoms with van der Waals surface area (Å²) >= 11 is 2.04. The van der Waals surface area contributed by atoms with Crippen molar-refractivity contribution in [3.63, 3.8) is 0 Å². The zero-order valence-corrected chi connectivity index (χ0v) is 10.8. The SMILES string of the molecule is CN(C)C(CNC1CCSC1)c1ccco1. The standard InChI is InChI=1S/C12H20N2OS/c1-14(2)11(12-4-3-6-15-12)8-13-10-5-7-16-9-10/h3-4,6,10-11,13H,5,7-9H2,1-2H3. The Kier molecular flexibility index (Phi) is 4.32. The van der Waals surface area contributed by atoms with Gasteiger partial charge in [-0.2, -0.15) is 11.8 Å². The molecule has 1 aromatic rings. The van der Waals surface area contributed by atoms with Crippen LogP contribution in [0, 0.1) is 0 Å². The first-order valence-electron chi connectivity index (χ1n) is 5.78. The van der Waals surface area contributed by atoms with Crippen LogP contribution in [-0.2, 0) is 0 Å². The van der Waals surface area contributed by atoms with Gasteiger partial charge in [0.25, 0.3) is 0 Å². The van der Waals surface area contributed by atoms with Crippen LogP contribution in [0.2, 0.25) is 0 Å². The van der Waals surface area contributed by atoms with Crippen LogP contribution in [0.1, 0.15) is 18.2 Å². The lowest BCUT2D eigenvalue weighted by atomic mass is 10.2. The van der Waals surface area contributed by atoms with E-state index in [0.29, 0.717) is 12.1 Å². The molecule has 1 N–H and O–H groups in total. The van der Waals surface area contributed by atoms with Gasteiger partial charge in [-0.15, -0.1) is 0 Å². The van der Waals surface area contributed by atoms with E-state index >= 15 is 0 Å². The smallest absolute Gasteiger partial charge is 0.122 e. The molecule has 1 aliphatic heterocycles. The monoisotopic (exact) mass is 240 g/mol. The molecule has 2 rings (SSSR count). The Balaban J connectivity index is 1.88. The number of nitrogens with one attached hydrogen (secondary N) is 1. The third-order valence-electron chi connectivity index (χ3n) is 3.02. The van der Waals surface area contributed by atoms with Crippen LogP contribution in [0.3, 0.4) is 0 Å². The van der Waals surface area contributed by atoms with Gasteiger partial charge in [-0.05, 0) is 38.4 Å². The van der Waals surface area contributed by atoms with E-state index in [-0.39, 0.29) is 0 Å². The van der Waals surface area contributed by atoms with E-state index in [1.807, 2.05) is 17.8 Å². The fourth-order valence-electron chi connectivity index (χ4n) is 1.99. The molecule has 16 heavy (non-hydrogen) atoms. The Morgan fingerprint density at radius 2 is 2.50 bits per heavy atom. The normalized spacial score (nSPS) is 22.8. The number of hydrogen-bond acceptors (Lipinski definition) is 4. The number of thioether (sulfide) groups is 1. The van der Waals surface area contributed by atoms with Gasteiger partial charge in [0.15, 0.2) is 0 Å². The molecule has 4 heteroatoms. The van der Waals surface area contributed by atoms with E-state index in [1.54, 1.807) is 6.26 Å². The van der Waals surface area contributed by atoms with E-state index in [1.165, 1.54) is 17.9 Å². The fraction of sp³-hybridized carbons (Fsp3) is 0.667. The van der Waals surface area contributed by atoms with Crippen molar-refractivity contribution < 1.29 is 4.42 Å². The molecule has 1 saturated heterocycles. The topological polar surface area (TPSA) is 28.4 Å². The molecular formula is C12H20N2OS. The van der Waals surface area contributed by atoms with Crippen molar-refractivity contribution >= 4 is 11.8 Å². The van der Waals surface area contributed by atoms with Gasteiger partial charge in [0.05, 0.1) is 12.3 Å². The van der Waals surface area contributed by atoms with Crippen LogP contribution in [0.5, 0.6) is 0 Å². The van der Waals surface area contributed by atoms with Crippen LogP contribution >= 0.6 is 11.8 Å². The highest BCUT2D eigenvalue weighted by atomic mass is 32.2. The summed E-state index contributed by atoms with van der Waals surface area (Å²) in [5.41, 5.74) is 0. The maximum Gasteiger partial charge on any atom is 0.122 e. The molecule has 2 unspecified atom stereocenters. The lowest BCUT2D eigenvalue weighted by molar-refractivity contribution is 0.245. The molecule has 1 fully saturated rings. The van der Waals surface area contributed by atoms with Gasteiger partial charge in [-0.1, -0.05) is 0 Å². The highest BCUT2D eigenvalue weighted by molar-refractivity contribution is 7.99. The summed E-state index contributed by atoms with van der Waals surface area (Å²) in [4.78, 5) is 2.20. The van der Waals surface area contributed by atoms with Gasteiger partial charge < -0.3 is 9.73 Å². The lowest BCUT2D eigenvalue weighted by Crippen LogP contribution is -2.37. The molecule has 1 aromatic heterocycles. The Morgan fingerprint density at radius 3 is 3.06 bits per heavy atom. The minimum Gasteiger partial charge on any atom is -0.468 e. The zero-order valence-electron chi connectivity index (χ0n) is 9.98. The van der Waals surface area contributed by atoms with Crippen LogP contribution in [-0.4, -0.2) is 43.1 Å². The van der Waals surface area contributed by atoms with Gasteiger partial charge in [-0.25, -0.2) is 0 Å². The third-order valence-corrected chi connectivity index (χ3v) is 4.19. The molecule has 1 aliphatic rings. The highest BCUT2D eigenvalue weighted by Gasteiger charge is 2.20. The van der Waals surface area contributed by atoms with Gasteiger partial charge in [-0.3, -0.25) is 4.90 Å². The summed E-state index contributed by atoms with van der Waals surface area (Å²) in [5, 5.41) is 3.63. The second-order valence-electron chi connectivity index (χ2n) is 4.46. The van der Waals surface area contributed by atoms with E-state index in [4.69, 9.17) is 4.42 Å². The van der Waals surface area contributed by atoms with E-state index in [9.17, 15) is 0 Å². The number of rotatable bonds is 5. The first kappa shape index (κ1) is 12.0. The molecular weight excluding hydrogens is 220 g/mol. The van der Waals surface area contributed by atoms with E-state index < -0.39 is 0 Å². The molecule has 0 saturated carbocycles. The molecule has 0 amide bonds. The van der Waals surface area contributed by atoms with Crippen molar-refractivity contribution in [1.82, 2.24) is 10.2 Å². The van der Waals surface area contributed by atoms with Crippen molar-refractivity contribution in [1.29, 1.82) is 0 Å². The summed E-state index contributed by atoms with van der Waals surface area (Å²) in [6.45, 7) is 0.964. The fourth-order valence-corrected chi connectivity index (χ4v) is 3.18. The molecule has 90 valence electrons. The Labute approximate surface area is 102 Å². The molecule has 0 spiro atoms. The Hall–Kier alpha value is -0.450.